The Labute approximate surface area is 127 Å². The molecule has 2 aliphatic carbocycles. The summed E-state index contributed by atoms with van der Waals surface area (Å²) in [5.74, 6) is 2.64. The lowest BCUT2D eigenvalue weighted by atomic mass is 9.68. The van der Waals surface area contributed by atoms with Gasteiger partial charge in [-0.1, -0.05) is 0 Å². The quantitative estimate of drug-likeness (QED) is 0.790. The first-order valence-corrected chi connectivity index (χ1v) is 8.39. The third-order valence-electron chi connectivity index (χ3n) is 5.48. The molecule has 0 N–H and O–H groups in total. The van der Waals surface area contributed by atoms with Crippen LogP contribution in [0, 0.1) is 17.8 Å². The number of hydrogen-bond acceptors (Lipinski definition) is 3. The zero-order chi connectivity index (χ0) is 13.9. The number of halogens is 1. The lowest BCUT2D eigenvalue weighted by Crippen LogP contribution is -2.39. The number of hydrogen-bond donors (Lipinski definition) is 0. The predicted octanol–water partition coefficient (Wildman–Crippen LogP) is 2.56. The summed E-state index contributed by atoms with van der Waals surface area (Å²) in [6, 6.07) is 0.608. The van der Waals surface area contributed by atoms with Crippen molar-refractivity contribution in [2.75, 3.05) is 11.4 Å². The van der Waals surface area contributed by atoms with Crippen molar-refractivity contribution in [1.82, 2.24) is 9.78 Å². The third kappa shape index (κ3) is 1.93. The fourth-order valence-electron chi connectivity index (χ4n) is 4.78. The van der Waals surface area contributed by atoms with E-state index in [4.69, 9.17) is 0 Å². The molecule has 2 aliphatic heterocycles. The van der Waals surface area contributed by atoms with E-state index in [2.05, 4.69) is 25.9 Å². The molecular formula is C15H20BrN3O. The zero-order valence-electron chi connectivity index (χ0n) is 11.8. The van der Waals surface area contributed by atoms with Gasteiger partial charge in [0, 0.05) is 19.6 Å². The molecule has 108 valence electrons. The van der Waals surface area contributed by atoms with Gasteiger partial charge >= 0.3 is 0 Å². The number of aromatic nitrogens is 2. The predicted molar refractivity (Wildman–Crippen MR) is 81.9 cm³/mol. The van der Waals surface area contributed by atoms with Crippen molar-refractivity contribution >= 4 is 21.6 Å². The van der Waals surface area contributed by atoms with Crippen LogP contribution in [0.2, 0.25) is 0 Å². The van der Waals surface area contributed by atoms with Crippen molar-refractivity contribution in [3.8, 4) is 0 Å². The Morgan fingerprint density at radius 3 is 2.50 bits per heavy atom. The molecule has 2 unspecified atom stereocenters. The Balaban J connectivity index is 1.75. The van der Waals surface area contributed by atoms with Gasteiger partial charge in [0.2, 0.25) is 0 Å². The molecule has 2 saturated heterocycles. The highest BCUT2D eigenvalue weighted by molar-refractivity contribution is 9.10. The largest absolute Gasteiger partial charge is 0.366 e. The molecule has 5 heteroatoms. The second kappa shape index (κ2) is 4.58. The van der Waals surface area contributed by atoms with Gasteiger partial charge in [-0.15, -0.1) is 0 Å². The highest BCUT2D eigenvalue weighted by atomic mass is 79.9. The van der Waals surface area contributed by atoms with Gasteiger partial charge in [0.1, 0.15) is 4.47 Å². The van der Waals surface area contributed by atoms with Crippen molar-refractivity contribution in [2.45, 2.75) is 38.1 Å². The SMILES string of the molecule is Cn1ncc(N2CC3CC4CC(C3)CC2C4)c(Br)c1=O. The van der Waals surface area contributed by atoms with Crippen LogP contribution in [-0.2, 0) is 7.05 Å². The minimum absolute atomic E-state index is 0.0357. The van der Waals surface area contributed by atoms with Crippen molar-refractivity contribution in [3.05, 3.63) is 21.0 Å². The second-order valence-electron chi connectivity index (χ2n) is 6.86. The van der Waals surface area contributed by atoms with Gasteiger partial charge in [0.25, 0.3) is 5.56 Å². The average molecular weight is 338 g/mol. The average Bonchev–Trinajstić information content (AvgIpc) is 2.61. The minimum Gasteiger partial charge on any atom is -0.366 e. The summed E-state index contributed by atoms with van der Waals surface area (Å²) in [7, 11) is 1.70. The molecule has 3 heterocycles. The van der Waals surface area contributed by atoms with Crippen LogP contribution in [0.25, 0.3) is 0 Å². The van der Waals surface area contributed by atoms with E-state index >= 15 is 0 Å². The normalized spacial score (nSPS) is 35.4. The Hall–Kier alpha value is -0.840. The van der Waals surface area contributed by atoms with Crippen molar-refractivity contribution in [1.29, 1.82) is 0 Å². The van der Waals surface area contributed by atoms with E-state index in [1.807, 2.05) is 6.20 Å². The molecule has 0 spiro atoms. The van der Waals surface area contributed by atoms with Crippen molar-refractivity contribution in [2.24, 2.45) is 24.8 Å². The molecule has 0 aromatic carbocycles. The first-order valence-electron chi connectivity index (χ1n) is 7.60. The fraction of sp³-hybridized carbons (Fsp3) is 0.733. The van der Waals surface area contributed by atoms with E-state index in [-0.39, 0.29) is 5.56 Å². The van der Waals surface area contributed by atoms with E-state index in [1.54, 1.807) is 7.05 Å². The molecule has 2 atom stereocenters. The summed E-state index contributed by atoms with van der Waals surface area (Å²) >= 11 is 3.50. The lowest BCUT2D eigenvalue weighted by molar-refractivity contribution is 0.157. The molecule has 0 radical (unpaired) electrons. The van der Waals surface area contributed by atoms with Crippen LogP contribution in [0.15, 0.2) is 15.5 Å². The summed E-state index contributed by atoms with van der Waals surface area (Å²) in [5, 5.41) is 4.22. The zero-order valence-corrected chi connectivity index (χ0v) is 13.3. The number of rotatable bonds is 1. The Morgan fingerprint density at radius 2 is 1.80 bits per heavy atom. The number of aryl methyl sites for hydroxylation is 1. The summed E-state index contributed by atoms with van der Waals surface area (Å²) in [6.45, 7) is 1.10. The van der Waals surface area contributed by atoms with Crippen LogP contribution >= 0.6 is 15.9 Å². The summed E-state index contributed by atoms with van der Waals surface area (Å²) < 4.78 is 2.07. The smallest absolute Gasteiger partial charge is 0.282 e. The van der Waals surface area contributed by atoms with E-state index in [0.29, 0.717) is 10.5 Å². The van der Waals surface area contributed by atoms with E-state index in [1.165, 1.54) is 36.8 Å². The van der Waals surface area contributed by atoms with Crippen molar-refractivity contribution < 1.29 is 0 Å². The first kappa shape index (κ1) is 12.9. The number of anilines is 1. The highest BCUT2D eigenvalue weighted by Crippen LogP contribution is 2.48. The van der Waals surface area contributed by atoms with Gasteiger partial charge in [0.15, 0.2) is 0 Å². The van der Waals surface area contributed by atoms with Gasteiger partial charge in [-0.3, -0.25) is 4.79 Å². The van der Waals surface area contributed by atoms with Crippen LogP contribution < -0.4 is 10.5 Å². The van der Waals surface area contributed by atoms with Crippen LogP contribution in [0.1, 0.15) is 32.1 Å². The summed E-state index contributed by atoms with van der Waals surface area (Å²) in [5.41, 5.74) is 0.970. The van der Waals surface area contributed by atoms with Gasteiger partial charge in [0.05, 0.1) is 11.9 Å². The summed E-state index contributed by atoms with van der Waals surface area (Å²) in [4.78, 5) is 14.6. The fourth-order valence-corrected chi connectivity index (χ4v) is 5.37. The molecule has 2 saturated carbocycles. The van der Waals surface area contributed by atoms with E-state index < -0.39 is 0 Å². The molecule has 4 nitrogen and oxygen atoms in total. The van der Waals surface area contributed by atoms with Crippen LogP contribution in [0.5, 0.6) is 0 Å². The number of fused-ring (bicyclic) bond motifs is 1. The monoisotopic (exact) mass is 337 g/mol. The summed E-state index contributed by atoms with van der Waals surface area (Å²) in [6.07, 6.45) is 8.68. The van der Waals surface area contributed by atoms with Gasteiger partial charge < -0.3 is 4.90 Å². The lowest BCUT2D eigenvalue weighted by Gasteiger charge is -2.39. The molecule has 4 aliphatic rings. The molecule has 4 bridgehead atoms. The van der Waals surface area contributed by atoms with E-state index in [9.17, 15) is 4.79 Å². The third-order valence-corrected chi connectivity index (χ3v) is 6.22. The molecule has 0 amide bonds. The van der Waals surface area contributed by atoms with Crippen molar-refractivity contribution in [3.63, 3.8) is 0 Å². The molecule has 5 rings (SSSR count). The van der Waals surface area contributed by atoms with E-state index in [0.717, 1.165) is 30.0 Å². The Morgan fingerprint density at radius 1 is 1.15 bits per heavy atom. The van der Waals surface area contributed by atoms with Gasteiger partial charge in [-0.2, -0.15) is 5.10 Å². The van der Waals surface area contributed by atoms with Gasteiger partial charge in [-0.05, 0) is 65.8 Å². The molecule has 1 aromatic rings. The number of nitrogens with zero attached hydrogens (tertiary/aromatic N) is 3. The van der Waals surface area contributed by atoms with Crippen LogP contribution in [0.3, 0.4) is 0 Å². The maximum absolute atomic E-state index is 12.1. The highest BCUT2D eigenvalue weighted by Gasteiger charge is 2.43. The Bertz CT molecular complexity index is 585. The van der Waals surface area contributed by atoms with Crippen LogP contribution in [0.4, 0.5) is 5.69 Å². The molecule has 1 aromatic heterocycles. The van der Waals surface area contributed by atoms with Gasteiger partial charge in [-0.25, -0.2) is 4.68 Å². The molecule has 20 heavy (non-hydrogen) atoms. The Kier molecular flexibility index (Phi) is 2.95. The first-order chi connectivity index (χ1) is 9.61. The minimum atomic E-state index is -0.0357. The second-order valence-corrected chi connectivity index (χ2v) is 7.65. The maximum Gasteiger partial charge on any atom is 0.282 e. The standard InChI is InChI=1S/C15H20BrN3O/c1-18-15(20)14(16)13(7-17-18)19-8-11-3-9-2-10(4-11)6-12(19)5-9/h7,9-12H,2-6,8H2,1H3. The molecule has 4 fully saturated rings. The topological polar surface area (TPSA) is 38.1 Å². The maximum atomic E-state index is 12.1. The van der Waals surface area contributed by atoms with Crippen LogP contribution in [-0.4, -0.2) is 22.4 Å². The molecular weight excluding hydrogens is 318 g/mol.